The molecule has 94 valence electrons. The number of fused-ring (bicyclic) bond motifs is 3. The van der Waals surface area contributed by atoms with Crippen molar-refractivity contribution < 1.29 is 0 Å². The zero-order valence-corrected chi connectivity index (χ0v) is 10.8. The van der Waals surface area contributed by atoms with E-state index < -0.39 is 0 Å². The van der Waals surface area contributed by atoms with Crippen molar-refractivity contribution in [3.05, 3.63) is 47.0 Å². The van der Waals surface area contributed by atoms with Gasteiger partial charge in [0.1, 0.15) is 0 Å². The molecule has 4 atom stereocenters. The summed E-state index contributed by atoms with van der Waals surface area (Å²) >= 11 is 0. The molecule has 0 spiro atoms. The predicted octanol–water partition coefficient (Wildman–Crippen LogP) is 3.40. The lowest BCUT2D eigenvalue weighted by molar-refractivity contribution is 0.573. The van der Waals surface area contributed by atoms with E-state index in [2.05, 4.69) is 30.3 Å². The first kappa shape index (κ1) is 10.8. The van der Waals surface area contributed by atoms with E-state index in [9.17, 15) is 0 Å². The van der Waals surface area contributed by atoms with Crippen molar-refractivity contribution in [3.8, 4) is 0 Å². The zero-order valence-electron chi connectivity index (χ0n) is 10.8. The van der Waals surface area contributed by atoms with Crippen molar-refractivity contribution in [1.82, 2.24) is 0 Å². The maximum atomic E-state index is 6.53. The van der Waals surface area contributed by atoms with Crippen LogP contribution in [0.15, 0.2) is 35.9 Å². The monoisotopic (exact) mass is 239 g/mol. The van der Waals surface area contributed by atoms with Crippen LogP contribution in [0.5, 0.6) is 0 Å². The van der Waals surface area contributed by atoms with Gasteiger partial charge in [-0.25, -0.2) is 0 Å². The van der Waals surface area contributed by atoms with Crippen LogP contribution in [0.2, 0.25) is 0 Å². The second-order valence-electron chi connectivity index (χ2n) is 6.20. The first-order valence-electron chi connectivity index (χ1n) is 7.38. The van der Waals surface area contributed by atoms with Crippen LogP contribution in [-0.2, 0) is 6.42 Å². The van der Waals surface area contributed by atoms with Crippen molar-refractivity contribution >= 4 is 0 Å². The minimum atomic E-state index is 0.341. The third-order valence-electron chi connectivity index (χ3n) is 5.31. The Morgan fingerprint density at radius 2 is 2.06 bits per heavy atom. The maximum absolute atomic E-state index is 6.53. The van der Waals surface area contributed by atoms with Gasteiger partial charge in [0, 0.05) is 6.04 Å². The summed E-state index contributed by atoms with van der Waals surface area (Å²) in [7, 11) is 0. The highest BCUT2D eigenvalue weighted by atomic mass is 14.7. The lowest BCUT2D eigenvalue weighted by atomic mass is 9.92. The summed E-state index contributed by atoms with van der Waals surface area (Å²) in [5, 5.41) is 0. The SMILES string of the molecule is NC(C1=CCCC1)C1C2CCc3ccccc3C21. The van der Waals surface area contributed by atoms with Crippen LogP contribution in [0.1, 0.15) is 42.7 Å². The van der Waals surface area contributed by atoms with Gasteiger partial charge in [-0.05, 0) is 61.0 Å². The molecule has 0 aliphatic heterocycles. The summed E-state index contributed by atoms with van der Waals surface area (Å²) in [4.78, 5) is 0. The van der Waals surface area contributed by atoms with E-state index in [1.165, 1.54) is 32.1 Å². The molecule has 3 aliphatic rings. The number of allylic oxidation sites excluding steroid dienone is 1. The Hall–Kier alpha value is -1.08. The molecule has 0 aromatic heterocycles. The number of hydrogen-bond acceptors (Lipinski definition) is 1. The molecule has 1 nitrogen and oxygen atoms in total. The molecule has 1 fully saturated rings. The first-order chi connectivity index (χ1) is 8.86. The lowest BCUT2D eigenvalue weighted by Crippen LogP contribution is -2.25. The van der Waals surface area contributed by atoms with Gasteiger partial charge in [0.15, 0.2) is 0 Å². The normalized spacial score (nSPS) is 34.5. The van der Waals surface area contributed by atoms with Crippen LogP contribution in [0.25, 0.3) is 0 Å². The number of benzene rings is 1. The quantitative estimate of drug-likeness (QED) is 0.786. The molecule has 3 aliphatic carbocycles. The summed E-state index contributed by atoms with van der Waals surface area (Å²) in [6, 6.07) is 9.35. The highest BCUT2D eigenvalue weighted by Gasteiger charge is 2.55. The third-order valence-corrected chi connectivity index (χ3v) is 5.31. The van der Waals surface area contributed by atoms with E-state index in [4.69, 9.17) is 5.73 Å². The van der Waals surface area contributed by atoms with Gasteiger partial charge in [-0.1, -0.05) is 35.9 Å². The molecule has 0 amide bonds. The smallest absolute Gasteiger partial charge is 0.0291 e. The molecule has 0 bridgehead atoms. The van der Waals surface area contributed by atoms with Crippen LogP contribution in [0.4, 0.5) is 0 Å². The Balaban J connectivity index is 1.61. The van der Waals surface area contributed by atoms with Gasteiger partial charge in [-0.3, -0.25) is 0 Å². The summed E-state index contributed by atoms with van der Waals surface area (Å²) < 4.78 is 0. The summed E-state index contributed by atoms with van der Waals surface area (Å²) in [6.45, 7) is 0. The molecule has 0 radical (unpaired) electrons. The van der Waals surface area contributed by atoms with Gasteiger partial charge in [0.2, 0.25) is 0 Å². The predicted molar refractivity (Wildman–Crippen MR) is 74.4 cm³/mol. The highest BCUT2D eigenvalue weighted by molar-refractivity contribution is 5.41. The Kier molecular flexibility index (Phi) is 2.38. The summed E-state index contributed by atoms with van der Waals surface area (Å²) in [6.07, 6.45) is 8.84. The van der Waals surface area contributed by atoms with Crippen molar-refractivity contribution in [1.29, 1.82) is 0 Å². The van der Waals surface area contributed by atoms with E-state index in [0.717, 1.165) is 17.8 Å². The van der Waals surface area contributed by atoms with Crippen molar-refractivity contribution in [2.75, 3.05) is 0 Å². The minimum Gasteiger partial charge on any atom is -0.324 e. The molecular formula is C17H21N. The fourth-order valence-electron chi connectivity index (χ4n) is 4.35. The molecular weight excluding hydrogens is 218 g/mol. The minimum absolute atomic E-state index is 0.341. The average molecular weight is 239 g/mol. The van der Waals surface area contributed by atoms with E-state index in [0.29, 0.717) is 6.04 Å². The largest absolute Gasteiger partial charge is 0.324 e. The van der Waals surface area contributed by atoms with Crippen LogP contribution >= 0.6 is 0 Å². The van der Waals surface area contributed by atoms with Crippen molar-refractivity contribution in [3.63, 3.8) is 0 Å². The van der Waals surface area contributed by atoms with Gasteiger partial charge >= 0.3 is 0 Å². The molecule has 1 saturated carbocycles. The van der Waals surface area contributed by atoms with Crippen LogP contribution in [-0.4, -0.2) is 6.04 Å². The fourth-order valence-corrected chi connectivity index (χ4v) is 4.35. The van der Waals surface area contributed by atoms with E-state index in [1.807, 2.05) is 0 Å². The molecule has 4 unspecified atom stereocenters. The molecule has 0 saturated heterocycles. The molecule has 1 aromatic carbocycles. The van der Waals surface area contributed by atoms with Crippen molar-refractivity contribution in [2.24, 2.45) is 17.6 Å². The topological polar surface area (TPSA) is 26.0 Å². The Morgan fingerprint density at radius 3 is 2.89 bits per heavy atom. The van der Waals surface area contributed by atoms with Gasteiger partial charge in [-0.15, -0.1) is 0 Å². The van der Waals surface area contributed by atoms with E-state index in [-0.39, 0.29) is 0 Å². The number of aryl methyl sites for hydroxylation is 1. The van der Waals surface area contributed by atoms with Gasteiger partial charge in [0.25, 0.3) is 0 Å². The molecule has 0 heterocycles. The molecule has 2 N–H and O–H groups in total. The Bertz CT molecular complexity index is 502. The van der Waals surface area contributed by atoms with Gasteiger partial charge in [0.05, 0.1) is 0 Å². The molecule has 1 heteroatoms. The Morgan fingerprint density at radius 1 is 1.17 bits per heavy atom. The zero-order chi connectivity index (χ0) is 12.1. The van der Waals surface area contributed by atoms with Gasteiger partial charge in [-0.2, -0.15) is 0 Å². The average Bonchev–Trinajstić information content (AvgIpc) is 2.89. The maximum Gasteiger partial charge on any atom is 0.0291 e. The third kappa shape index (κ3) is 1.50. The van der Waals surface area contributed by atoms with Crippen molar-refractivity contribution in [2.45, 2.75) is 44.1 Å². The molecule has 4 rings (SSSR count). The second-order valence-corrected chi connectivity index (χ2v) is 6.20. The van der Waals surface area contributed by atoms with Crippen LogP contribution < -0.4 is 5.73 Å². The Labute approximate surface area is 109 Å². The first-order valence-corrected chi connectivity index (χ1v) is 7.38. The summed E-state index contributed by atoms with van der Waals surface area (Å²) in [5.41, 5.74) is 11.3. The fraction of sp³-hybridized carbons (Fsp3) is 0.529. The number of hydrogen-bond donors (Lipinski definition) is 1. The van der Waals surface area contributed by atoms with Crippen LogP contribution in [0, 0.1) is 11.8 Å². The standard InChI is InChI=1S/C17H21N/c18-17(12-6-1-2-7-12)16-14-10-9-11-5-3-4-8-13(11)15(14)16/h3-6,8,14-17H,1-2,7,9-10,18H2. The number of rotatable bonds is 2. The lowest BCUT2D eigenvalue weighted by Gasteiger charge is -2.14. The van der Waals surface area contributed by atoms with E-state index >= 15 is 0 Å². The highest BCUT2D eigenvalue weighted by Crippen LogP contribution is 2.61. The summed E-state index contributed by atoms with van der Waals surface area (Å²) in [5.74, 6) is 2.38. The number of nitrogens with two attached hydrogens (primary N) is 1. The van der Waals surface area contributed by atoms with Crippen LogP contribution in [0.3, 0.4) is 0 Å². The molecule has 18 heavy (non-hydrogen) atoms. The van der Waals surface area contributed by atoms with Gasteiger partial charge < -0.3 is 5.73 Å². The second kappa shape index (κ2) is 3.96. The van der Waals surface area contributed by atoms with E-state index in [1.54, 1.807) is 16.7 Å². The molecule has 1 aromatic rings.